The van der Waals surface area contributed by atoms with E-state index in [2.05, 4.69) is 9.97 Å². The number of aromatic nitrogens is 2. The first-order valence-corrected chi connectivity index (χ1v) is 7.86. The van der Waals surface area contributed by atoms with E-state index < -0.39 is 6.10 Å². The van der Waals surface area contributed by atoms with Crippen molar-refractivity contribution in [1.82, 2.24) is 9.97 Å². The summed E-state index contributed by atoms with van der Waals surface area (Å²) in [5, 5.41) is 12.3. The Morgan fingerprint density at radius 3 is 2.70 bits per heavy atom. The van der Waals surface area contributed by atoms with Crippen LogP contribution in [0.3, 0.4) is 0 Å². The summed E-state index contributed by atoms with van der Waals surface area (Å²) >= 11 is 6.38. The topological polar surface area (TPSA) is 48.9 Å². The molecule has 2 N–H and O–H groups in total. The fourth-order valence-electron chi connectivity index (χ4n) is 2.84. The minimum absolute atomic E-state index is 0.478. The second-order valence-corrected chi connectivity index (χ2v) is 6.08. The van der Waals surface area contributed by atoms with E-state index in [1.165, 1.54) is 0 Å². The van der Waals surface area contributed by atoms with E-state index in [1.54, 1.807) is 6.92 Å². The predicted molar refractivity (Wildman–Crippen MR) is 94.7 cm³/mol. The molecule has 1 unspecified atom stereocenters. The summed E-state index contributed by atoms with van der Waals surface area (Å²) in [7, 11) is 0. The van der Waals surface area contributed by atoms with E-state index in [1.807, 2.05) is 54.6 Å². The molecule has 4 aromatic rings. The van der Waals surface area contributed by atoms with Gasteiger partial charge < -0.3 is 10.1 Å². The van der Waals surface area contributed by atoms with Gasteiger partial charge in [-0.1, -0.05) is 35.9 Å². The third kappa shape index (κ3) is 2.48. The summed E-state index contributed by atoms with van der Waals surface area (Å²) in [6.07, 6.45) is -0.483. The number of halogens is 1. The number of fused-ring (bicyclic) bond motifs is 2. The van der Waals surface area contributed by atoms with Gasteiger partial charge in [0.25, 0.3) is 0 Å². The van der Waals surface area contributed by atoms with Gasteiger partial charge in [0.15, 0.2) is 0 Å². The van der Waals surface area contributed by atoms with Crippen LogP contribution in [-0.4, -0.2) is 15.1 Å². The van der Waals surface area contributed by atoms with Gasteiger partial charge in [0.1, 0.15) is 5.15 Å². The van der Waals surface area contributed by atoms with Crippen molar-refractivity contribution in [1.29, 1.82) is 0 Å². The van der Waals surface area contributed by atoms with Crippen molar-refractivity contribution < 1.29 is 5.11 Å². The molecule has 4 rings (SSSR count). The van der Waals surface area contributed by atoms with Crippen LogP contribution in [0.25, 0.3) is 33.1 Å². The fourth-order valence-corrected chi connectivity index (χ4v) is 3.08. The lowest BCUT2D eigenvalue weighted by molar-refractivity contribution is 0.199. The van der Waals surface area contributed by atoms with Gasteiger partial charge in [-0.25, -0.2) is 4.98 Å². The number of aliphatic hydroxyl groups is 1. The summed E-state index contributed by atoms with van der Waals surface area (Å²) < 4.78 is 0. The van der Waals surface area contributed by atoms with E-state index >= 15 is 0 Å². The monoisotopic (exact) mass is 322 g/mol. The van der Waals surface area contributed by atoms with Gasteiger partial charge in [-0.15, -0.1) is 0 Å². The van der Waals surface area contributed by atoms with Crippen LogP contribution in [0, 0.1) is 0 Å². The Morgan fingerprint density at radius 1 is 1.04 bits per heavy atom. The number of nitrogens with one attached hydrogen (secondary N) is 1. The van der Waals surface area contributed by atoms with Crippen molar-refractivity contribution in [3.05, 3.63) is 65.3 Å². The first kappa shape index (κ1) is 14.2. The van der Waals surface area contributed by atoms with Crippen LogP contribution in [0.2, 0.25) is 5.15 Å². The maximum atomic E-state index is 9.73. The molecule has 0 saturated carbocycles. The summed E-state index contributed by atoms with van der Waals surface area (Å²) in [5.41, 5.74) is 4.58. The minimum atomic E-state index is -0.483. The predicted octanol–water partition coefficient (Wildman–Crippen LogP) is 5.09. The van der Waals surface area contributed by atoms with Crippen molar-refractivity contribution in [3.8, 4) is 11.3 Å². The largest absolute Gasteiger partial charge is 0.389 e. The van der Waals surface area contributed by atoms with Crippen LogP contribution in [0.4, 0.5) is 0 Å². The SMILES string of the molecule is CC(O)c1ccc2[nH]c(-c3cc4ccccc4nc3Cl)cc2c1. The molecule has 2 heterocycles. The molecule has 2 aromatic heterocycles. The number of nitrogens with zero attached hydrogens (tertiary/aromatic N) is 1. The lowest BCUT2D eigenvalue weighted by atomic mass is 10.1. The summed E-state index contributed by atoms with van der Waals surface area (Å²) in [4.78, 5) is 7.85. The second-order valence-electron chi connectivity index (χ2n) is 5.73. The molecule has 0 aliphatic carbocycles. The third-order valence-electron chi connectivity index (χ3n) is 4.09. The number of H-pyrrole nitrogens is 1. The molecule has 2 aromatic carbocycles. The maximum absolute atomic E-state index is 9.73. The van der Waals surface area contributed by atoms with Crippen LogP contribution in [-0.2, 0) is 0 Å². The number of pyridine rings is 1. The van der Waals surface area contributed by atoms with Gasteiger partial charge in [0.2, 0.25) is 0 Å². The molecular weight excluding hydrogens is 308 g/mol. The van der Waals surface area contributed by atoms with Crippen LogP contribution >= 0.6 is 11.6 Å². The third-order valence-corrected chi connectivity index (χ3v) is 4.38. The number of aliphatic hydroxyl groups excluding tert-OH is 1. The number of rotatable bonds is 2. The van der Waals surface area contributed by atoms with E-state index in [0.29, 0.717) is 5.15 Å². The molecule has 23 heavy (non-hydrogen) atoms. The zero-order chi connectivity index (χ0) is 16.0. The fraction of sp³-hybridized carbons (Fsp3) is 0.105. The average molecular weight is 323 g/mol. The molecule has 0 bridgehead atoms. The van der Waals surface area contributed by atoms with Crippen molar-refractivity contribution in [2.45, 2.75) is 13.0 Å². The number of aromatic amines is 1. The minimum Gasteiger partial charge on any atom is -0.389 e. The smallest absolute Gasteiger partial charge is 0.139 e. The molecule has 0 aliphatic heterocycles. The van der Waals surface area contributed by atoms with Crippen LogP contribution < -0.4 is 0 Å². The Balaban J connectivity index is 1.89. The Morgan fingerprint density at radius 2 is 1.87 bits per heavy atom. The zero-order valence-electron chi connectivity index (χ0n) is 12.5. The molecule has 0 saturated heterocycles. The summed E-state index contributed by atoms with van der Waals surface area (Å²) in [6.45, 7) is 1.76. The highest BCUT2D eigenvalue weighted by molar-refractivity contribution is 6.32. The van der Waals surface area contributed by atoms with Gasteiger partial charge in [-0.2, -0.15) is 0 Å². The van der Waals surface area contributed by atoms with Crippen molar-refractivity contribution in [3.63, 3.8) is 0 Å². The average Bonchev–Trinajstić information content (AvgIpc) is 2.96. The zero-order valence-corrected chi connectivity index (χ0v) is 13.3. The molecule has 0 amide bonds. The molecular formula is C19H15ClN2O. The van der Waals surface area contributed by atoms with Gasteiger partial charge in [-0.3, -0.25) is 0 Å². The standard InChI is InChI=1S/C19H15ClN2O/c1-11(23)12-6-7-17-14(8-12)10-18(21-17)15-9-13-4-2-3-5-16(13)22-19(15)20/h2-11,21,23H,1H3. The Kier molecular flexibility index (Phi) is 3.33. The Bertz CT molecular complexity index is 1020. The molecule has 0 fully saturated rings. The molecule has 3 nitrogen and oxygen atoms in total. The lowest BCUT2D eigenvalue weighted by Crippen LogP contribution is -1.89. The van der Waals surface area contributed by atoms with Crippen molar-refractivity contribution in [2.24, 2.45) is 0 Å². The van der Waals surface area contributed by atoms with E-state index in [-0.39, 0.29) is 0 Å². The van der Waals surface area contributed by atoms with Crippen LogP contribution in [0.15, 0.2) is 54.6 Å². The Labute approximate surface area is 138 Å². The molecule has 1 atom stereocenters. The maximum Gasteiger partial charge on any atom is 0.139 e. The number of benzene rings is 2. The first-order chi connectivity index (χ1) is 11.1. The number of para-hydroxylation sites is 1. The van der Waals surface area contributed by atoms with E-state index in [9.17, 15) is 5.11 Å². The Hall–Kier alpha value is -2.36. The molecule has 4 heteroatoms. The molecule has 0 radical (unpaired) electrons. The highest BCUT2D eigenvalue weighted by atomic mass is 35.5. The summed E-state index contributed by atoms with van der Waals surface area (Å²) in [5.74, 6) is 0. The summed E-state index contributed by atoms with van der Waals surface area (Å²) in [6, 6.07) is 17.9. The molecule has 0 aliphatic rings. The van der Waals surface area contributed by atoms with Gasteiger partial charge in [0, 0.05) is 27.5 Å². The normalized spacial score (nSPS) is 12.8. The molecule has 0 spiro atoms. The van der Waals surface area contributed by atoms with Crippen molar-refractivity contribution in [2.75, 3.05) is 0 Å². The quantitative estimate of drug-likeness (QED) is 0.505. The van der Waals surface area contributed by atoms with Crippen LogP contribution in [0.1, 0.15) is 18.6 Å². The highest BCUT2D eigenvalue weighted by Crippen LogP contribution is 2.32. The number of hydrogen-bond donors (Lipinski definition) is 2. The second kappa shape index (κ2) is 5.37. The van der Waals surface area contributed by atoms with E-state index in [0.717, 1.165) is 38.6 Å². The number of hydrogen-bond acceptors (Lipinski definition) is 2. The van der Waals surface area contributed by atoms with Gasteiger partial charge in [-0.05, 0) is 42.8 Å². The van der Waals surface area contributed by atoms with E-state index in [4.69, 9.17) is 11.6 Å². The van der Waals surface area contributed by atoms with Gasteiger partial charge in [0.05, 0.1) is 11.6 Å². The van der Waals surface area contributed by atoms with Crippen molar-refractivity contribution >= 4 is 33.4 Å². The van der Waals surface area contributed by atoms with Gasteiger partial charge >= 0.3 is 0 Å². The van der Waals surface area contributed by atoms with Crippen LogP contribution in [0.5, 0.6) is 0 Å². The first-order valence-electron chi connectivity index (χ1n) is 7.48. The molecule has 114 valence electrons. The highest BCUT2D eigenvalue weighted by Gasteiger charge is 2.11. The lowest BCUT2D eigenvalue weighted by Gasteiger charge is -2.04.